The van der Waals surface area contributed by atoms with E-state index >= 15 is 0 Å². The van der Waals surface area contributed by atoms with Crippen LogP contribution in [0.5, 0.6) is 0 Å². The van der Waals surface area contributed by atoms with Gasteiger partial charge in [-0.15, -0.1) is 0 Å². The fourth-order valence-electron chi connectivity index (χ4n) is 2.14. The van der Waals surface area contributed by atoms with Crippen LogP contribution in [0.25, 0.3) is 0 Å². The standard InChI is InChI=1S/C12H13Br2NO3S/c1-8-7-19(17,18)3-2-15(8)12(16)9-4-10(13)6-11(14)5-9/h4-6,8H,2-3,7H2,1H3. The summed E-state index contributed by atoms with van der Waals surface area (Å²) >= 11 is 6.68. The molecular weight excluding hydrogens is 398 g/mol. The lowest BCUT2D eigenvalue weighted by Crippen LogP contribution is -2.49. The Kier molecular flexibility index (Phi) is 4.37. The van der Waals surface area contributed by atoms with Gasteiger partial charge in [-0.2, -0.15) is 0 Å². The number of nitrogens with zero attached hydrogens (tertiary/aromatic N) is 1. The molecule has 1 fully saturated rings. The predicted octanol–water partition coefficient (Wildman–Crippen LogP) is 2.47. The molecule has 1 aromatic carbocycles. The second-order valence-electron chi connectivity index (χ2n) is 4.62. The fraction of sp³-hybridized carbons (Fsp3) is 0.417. The lowest BCUT2D eigenvalue weighted by atomic mass is 10.1. The number of hydrogen-bond acceptors (Lipinski definition) is 3. The van der Waals surface area contributed by atoms with Gasteiger partial charge >= 0.3 is 0 Å². The van der Waals surface area contributed by atoms with Crippen molar-refractivity contribution in [1.82, 2.24) is 4.90 Å². The average Bonchev–Trinajstić information content (AvgIpc) is 2.25. The Morgan fingerprint density at radius 1 is 1.26 bits per heavy atom. The van der Waals surface area contributed by atoms with Crippen molar-refractivity contribution in [3.8, 4) is 0 Å². The number of hydrogen-bond donors (Lipinski definition) is 0. The first-order chi connectivity index (χ1) is 8.78. The van der Waals surface area contributed by atoms with Gasteiger partial charge in [-0.25, -0.2) is 8.42 Å². The second-order valence-corrected chi connectivity index (χ2v) is 8.68. The van der Waals surface area contributed by atoms with Crippen LogP contribution in [0.2, 0.25) is 0 Å². The maximum absolute atomic E-state index is 12.4. The molecule has 0 saturated carbocycles. The van der Waals surface area contributed by atoms with Gasteiger partial charge < -0.3 is 4.90 Å². The maximum atomic E-state index is 12.4. The van der Waals surface area contributed by atoms with E-state index < -0.39 is 9.84 Å². The summed E-state index contributed by atoms with van der Waals surface area (Å²) < 4.78 is 24.7. The number of sulfone groups is 1. The quantitative estimate of drug-likeness (QED) is 0.714. The van der Waals surface area contributed by atoms with Crippen molar-refractivity contribution in [2.45, 2.75) is 13.0 Å². The molecule has 7 heteroatoms. The monoisotopic (exact) mass is 409 g/mol. The molecule has 4 nitrogen and oxygen atoms in total. The van der Waals surface area contributed by atoms with Crippen LogP contribution in [0.4, 0.5) is 0 Å². The number of amides is 1. The van der Waals surface area contributed by atoms with Gasteiger partial charge in [-0.3, -0.25) is 4.79 Å². The van der Waals surface area contributed by atoms with Crippen molar-refractivity contribution >= 4 is 47.6 Å². The zero-order valence-corrected chi connectivity index (χ0v) is 14.3. The Morgan fingerprint density at radius 3 is 2.37 bits per heavy atom. The molecule has 1 heterocycles. The summed E-state index contributed by atoms with van der Waals surface area (Å²) in [5.41, 5.74) is 0.549. The van der Waals surface area contributed by atoms with E-state index in [0.29, 0.717) is 5.56 Å². The molecule has 1 unspecified atom stereocenters. The Morgan fingerprint density at radius 2 is 1.84 bits per heavy atom. The van der Waals surface area contributed by atoms with Gasteiger partial charge in [0.05, 0.1) is 11.5 Å². The van der Waals surface area contributed by atoms with Gasteiger partial charge in [0.15, 0.2) is 9.84 Å². The lowest BCUT2D eigenvalue weighted by Gasteiger charge is -2.33. The Labute approximate surface area is 129 Å². The maximum Gasteiger partial charge on any atom is 0.254 e. The summed E-state index contributed by atoms with van der Waals surface area (Å²) in [5, 5.41) is 0. The van der Waals surface area contributed by atoms with Crippen molar-refractivity contribution < 1.29 is 13.2 Å². The molecule has 104 valence electrons. The Balaban J connectivity index is 2.25. The lowest BCUT2D eigenvalue weighted by molar-refractivity contribution is 0.0712. The average molecular weight is 411 g/mol. The van der Waals surface area contributed by atoms with Crippen LogP contribution in [-0.2, 0) is 9.84 Å². The van der Waals surface area contributed by atoms with Gasteiger partial charge in [-0.05, 0) is 25.1 Å². The first-order valence-corrected chi connectivity index (χ1v) is 9.17. The molecule has 0 aliphatic carbocycles. The molecule has 0 spiro atoms. The number of carbonyl (C=O) groups excluding carboxylic acids is 1. The van der Waals surface area contributed by atoms with Crippen LogP contribution in [-0.4, -0.2) is 43.3 Å². The topological polar surface area (TPSA) is 54.5 Å². The molecule has 1 atom stereocenters. The van der Waals surface area contributed by atoms with E-state index in [-0.39, 0.29) is 30.0 Å². The van der Waals surface area contributed by atoms with Crippen molar-refractivity contribution in [3.05, 3.63) is 32.7 Å². The molecule has 1 aliphatic rings. The highest BCUT2D eigenvalue weighted by Gasteiger charge is 2.31. The summed E-state index contributed by atoms with van der Waals surface area (Å²) in [6.45, 7) is 2.02. The van der Waals surface area contributed by atoms with Crippen LogP contribution >= 0.6 is 31.9 Å². The zero-order chi connectivity index (χ0) is 14.2. The second kappa shape index (κ2) is 5.54. The van der Waals surface area contributed by atoms with Gasteiger partial charge in [0.25, 0.3) is 5.91 Å². The molecule has 1 aromatic rings. The minimum atomic E-state index is -3.01. The molecule has 0 radical (unpaired) electrons. The van der Waals surface area contributed by atoms with E-state index in [0.717, 1.165) is 8.95 Å². The molecule has 2 rings (SSSR count). The van der Waals surface area contributed by atoms with Crippen molar-refractivity contribution in [2.75, 3.05) is 18.1 Å². The molecule has 0 N–H and O–H groups in total. The molecule has 19 heavy (non-hydrogen) atoms. The Bertz CT molecular complexity index is 595. The van der Waals surface area contributed by atoms with Crippen molar-refractivity contribution in [1.29, 1.82) is 0 Å². The highest BCUT2D eigenvalue weighted by atomic mass is 79.9. The van der Waals surface area contributed by atoms with Crippen LogP contribution in [0.3, 0.4) is 0 Å². The first-order valence-electron chi connectivity index (χ1n) is 5.76. The third-order valence-electron chi connectivity index (χ3n) is 3.04. The molecule has 1 saturated heterocycles. The third-order valence-corrected chi connectivity index (χ3v) is 5.75. The summed E-state index contributed by atoms with van der Waals surface area (Å²) in [7, 11) is -3.01. The van der Waals surface area contributed by atoms with E-state index in [2.05, 4.69) is 31.9 Å². The smallest absolute Gasteiger partial charge is 0.254 e. The molecule has 1 aliphatic heterocycles. The number of rotatable bonds is 1. The van der Waals surface area contributed by atoms with E-state index in [9.17, 15) is 13.2 Å². The van der Waals surface area contributed by atoms with E-state index in [4.69, 9.17) is 0 Å². The van der Waals surface area contributed by atoms with Crippen molar-refractivity contribution in [2.24, 2.45) is 0 Å². The molecule has 0 aromatic heterocycles. The third kappa shape index (κ3) is 3.58. The predicted molar refractivity (Wildman–Crippen MR) is 81.0 cm³/mol. The summed E-state index contributed by atoms with van der Waals surface area (Å²) in [5.74, 6) is -0.0593. The largest absolute Gasteiger partial charge is 0.334 e. The summed E-state index contributed by atoms with van der Waals surface area (Å²) in [4.78, 5) is 14.0. The van der Waals surface area contributed by atoms with Crippen LogP contribution in [0.1, 0.15) is 17.3 Å². The number of benzene rings is 1. The van der Waals surface area contributed by atoms with Crippen LogP contribution < -0.4 is 0 Å². The molecular formula is C12H13Br2NO3S. The minimum Gasteiger partial charge on any atom is -0.334 e. The van der Waals surface area contributed by atoms with E-state index in [1.165, 1.54) is 0 Å². The highest BCUT2D eigenvalue weighted by molar-refractivity contribution is 9.11. The first kappa shape index (κ1) is 15.0. The van der Waals surface area contributed by atoms with Gasteiger partial charge in [-0.1, -0.05) is 31.9 Å². The molecule has 1 amide bonds. The van der Waals surface area contributed by atoms with E-state index in [1.807, 2.05) is 6.07 Å². The SMILES string of the molecule is CC1CS(=O)(=O)CCN1C(=O)c1cc(Br)cc(Br)c1. The summed E-state index contributed by atoms with van der Waals surface area (Å²) in [6, 6.07) is 5.04. The van der Waals surface area contributed by atoms with Crippen LogP contribution in [0.15, 0.2) is 27.1 Å². The number of halogens is 2. The van der Waals surface area contributed by atoms with Gasteiger partial charge in [0.1, 0.15) is 0 Å². The highest BCUT2D eigenvalue weighted by Crippen LogP contribution is 2.23. The van der Waals surface area contributed by atoms with Crippen molar-refractivity contribution in [3.63, 3.8) is 0 Å². The normalized spacial score (nSPS) is 22.3. The Hall–Kier alpha value is -0.400. The fourth-order valence-corrected chi connectivity index (χ4v) is 4.99. The zero-order valence-electron chi connectivity index (χ0n) is 10.3. The number of carbonyl (C=O) groups is 1. The van der Waals surface area contributed by atoms with Gasteiger partial charge in [0, 0.05) is 27.1 Å². The van der Waals surface area contributed by atoms with E-state index in [1.54, 1.807) is 24.0 Å². The summed E-state index contributed by atoms with van der Waals surface area (Å²) in [6.07, 6.45) is 0. The minimum absolute atomic E-state index is 0.0356. The molecule has 0 bridgehead atoms. The van der Waals surface area contributed by atoms with Crippen LogP contribution in [0, 0.1) is 0 Å². The van der Waals surface area contributed by atoms with Gasteiger partial charge in [0.2, 0.25) is 0 Å².